The van der Waals surface area contributed by atoms with Gasteiger partial charge in [0.15, 0.2) is 0 Å². The molecule has 0 bridgehead atoms. The van der Waals surface area contributed by atoms with Crippen molar-refractivity contribution in [1.82, 2.24) is 25.1 Å². The van der Waals surface area contributed by atoms with Gasteiger partial charge < -0.3 is 9.05 Å². The molecule has 26 heavy (non-hydrogen) atoms. The molecule has 2 atom stereocenters. The summed E-state index contributed by atoms with van der Waals surface area (Å²) in [5, 5.41) is 13.2. The fraction of sp³-hybridized carbons (Fsp3) is 0.579. The molecule has 3 aromatic rings. The highest BCUT2D eigenvalue weighted by atomic mass is 16.5. The van der Waals surface area contributed by atoms with E-state index in [2.05, 4.69) is 36.1 Å². The molecule has 1 unspecified atom stereocenters. The van der Waals surface area contributed by atoms with Crippen LogP contribution in [0.3, 0.4) is 0 Å². The van der Waals surface area contributed by atoms with Gasteiger partial charge >= 0.3 is 0 Å². The Hall–Kier alpha value is -2.44. The Kier molecular flexibility index (Phi) is 2.94. The monoisotopic (exact) mass is 353 g/mol. The first-order valence-electron chi connectivity index (χ1n) is 9.13. The largest absolute Gasteiger partial charge is 0.361 e. The van der Waals surface area contributed by atoms with E-state index in [1.165, 1.54) is 11.1 Å². The maximum atomic E-state index is 5.65. The van der Waals surface area contributed by atoms with E-state index in [0.29, 0.717) is 17.6 Å². The fourth-order valence-corrected chi connectivity index (χ4v) is 5.55. The molecule has 0 aliphatic heterocycles. The fourth-order valence-electron chi connectivity index (χ4n) is 5.55. The van der Waals surface area contributed by atoms with E-state index in [1.54, 1.807) is 0 Å². The van der Waals surface area contributed by atoms with Crippen molar-refractivity contribution in [3.05, 3.63) is 34.7 Å². The highest BCUT2D eigenvalue weighted by Crippen LogP contribution is 2.56. The maximum absolute atomic E-state index is 5.65. The van der Waals surface area contributed by atoms with Gasteiger partial charge in [-0.1, -0.05) is 31.1 Å². The van der Waals surface area contributed by atoms with Crippen LogP contribution in [0.5, 0.6) is 0 Å². The summed E-state index contributed by atoms with van der Waals surface area (Å²) < 4.78 is 12.8. The third-order valence-electron chi connectivity index (χ3n) is 6.54. The molecule has 0 N–H and O–H groups in total. The quantitative estimate of drug-likeness (QED) is 0.668. The lowest BCUT2D eigenvalue weighted by Gasteiger charge is -2.51. The molecule has 2 aliphatic rings. The second-order valence-corrected chi connectivity index (χ2v) is 8.52. The van der Waals surface area contributed by atoms with E-state index >= 15 is 0 Å². The summed E-state index contributed by atoms with van der Waals surface area (Å²) in [6, 6.07) is 0. The molecule has 0 fully saturated rings. The van der Waals surface area contributed by atoms with Crippen LogP contribution >= 0.6 is 0 Å². The smallest absolute Gasteiger partial charge is 0.223 e. The molecule has 0 saturated carbocycles. The Morgan fingerprint density at radius 3 is 2.77 bits per heavy atom. The SMILES string of the molecule is Cc1nc(-c2c3c(nn2C)C2(C)Cc4cnoc4C(C)(C)[C@@H]2CC3)no1. The van der Waals surface area contributed by atoms with Crippen molar-refractivity contribution in [1.29, 1.82) is 0 Å². The Morgan fingerprint density at radius 1 is 1.23 bits per heavy atom. The van der Waals surface area contributed by atoms with E-state index < -0.39 is 0 Å². The second-order valence-electron chi connectivity index (χ2n) is 8.52. The van der Waals surface area contributed by atoms with E-state index in [9.17, 15) is 0 Å². The van der Waals surface area contributed by atoms with Crippen LogP contribution in [0, 0.1) is 12.8 Å². The zero-order valence-corrected chi connectivity index (χ0v) is 15.8. The van der Waals surface area contributed by atoms with Crippen molar-refractivity contribution in [3.63, 3.8) is 0 Å². The Balaban J connectivity index is 1.71. The van der Waals surface area contributed by atoms with Gasteiger partial charge in [-0.2, -0.15) is 10.1 Å². The van der Waals surface area contributed by atoms with Crippen LogP contribution < -0.4 is 0 Å². The number of fused-ring (bicyclic) bond motifs is 4. The van der Waals surface area contributed by atoms with Gasteiger partial charge in [-0.05, 0) is 25.2 Å². The average Bonchev–Trinajstić information content (AvgIpc) is 3.26. The number of hydrogen-bond acceptors (Lipinski definition) is 6. The summed E-state index contributed by atoms with van der Waals surface area (Å²) >= 11 is 0. The van der Waals surface area contributed by atoms with E-state index in [4.69, 9.17) is 14.1 Å². The number of rotatable bonds is 1. The minimum Gasteiger partial charge on any atom is -0.361 e. The second kappa shape index (κ2) is 4.84. The molecule has 7 heteroatoms. The number of nitrogens with zero attached hydrogens (tertiary/aromatic N) is 5. The molecular weight excluding hydrogens is 330 g/mol. The Morgan fingerprint density at radius 2 is 2.04 bits per heavy atom. The summed E-state index contributed by atoms with van der Waals surface area (Å²) in [5.41, 5.74) is 4.45. The van der Waals surface area contributed by atoms with Gasteiger partial charge in [0.25, 0.3) is 0 Å². The lowest BCUT2D eigenvalue weighted by Crippen LogP contribution is -2.51. The Labute approximate surface area is 151 Å². The molecule has 3 aromatic heterocycles. The molecule has 0 aromatic carbocycles. The van der Waals surface area contributed by atoms with Gasteiger partial charge in [0, 0.05) is 35.9 Å². The van der Waals surface area contributed by atoms with Crippen LogP contribution in [0.4, 0.5) is 0 Å². The minimum absolute atomic E-state index is 0.0651. The first-order valence-corrected chi connectivity index (χ1v) is 9.13. The number of aromatic nitrogens is 5. The van der Waals surface area contributed by atoms with Crippen molar-refractivity contribution >= 4 is 0 Å². The molecular formula is C19H23N5O2. The first-order chi connectivity index (χ1) is 12.3. The van der Waals surface area contributed by atoms with Gasteiger partial charge in [-0.25, -0.2) is 0 Å². The van der Waals surface area contributed by atoms with Crippen molar-refractivity contribution < 1.29 is 9.05 Å². The predicted molar refractivity (Wildman–Crippen MR) is 93.6 cm³/mol. The van der Waals surface area contributed by atoms with E-state index in [-0.39, 0.29) is 10.8 Å². The summed E-state index contributed by atoms with van der Waals surface area (Å²) in [4.78, 5) is 4.44. The predicted octanol–water partition coefficient (Wildman–Crippen LogP) is 3.12. The average molecular weight is 353 g/mol. The molecule has 3 heterocycles. The van der Waals surface area contributed by atoms with Crippen molar-refractivity contribution in [2.75, 3.05) is 0 Å². The molecule has 136 valence electrons. The lowest BCUT2D eigenvalue weighted by molar-refractivity contribution is 0.109. The lowest BCUT2D eigenvalue weighted by atomic mass is 9.51. The van der Waals surface area contributed by atoms with Gasteiger partial charge in [0.2, 0.25) is 11.7 Å². The van der Waals surface area contributed by atoms with Crippen LogP contribution in [0.2, 0.25) is 0 Å². The summed E-state index contributed by atoms with van der Waals surface area (Å²) in [5.74, 6) is 2.68. The minimum atomic E-state index is -0.0725. The van der Waals surface area contributed by atoms with Crippen molar-refractivity contribution in [2.24, 2.45) is 13.0 Å². The Bertz CT molecular complexity index is 1010. The molecule has 2 aliphatic carbocycles. The highest BCUT2D eigenvalue weighted by Gasteiger charge is 2.56. The third-order valence-corrected chi connectivity index (χ3v) is 6.54. The van der Waals surface area contributed by atoms with Crippen molar-refractivity contribution in [3.8, 4) is 11.5 Å². The molecule has 0 radical (unpaired) electrons. The van der Waals surface area contributed by atoms with Crippen LogP contribution in [-0.2, 0) is 30.7 Å². The molecule has 7 nitrogen and oxygen atoms in total. The van der Waals surface area contributed by atoms with Gasteiger partial charge in [-0.3, -0.25) is 4.68 Å². The number of hydrogen-bond donors (Lipinski definition) is 0. The zero-order valence-electron chi connectivity index (χ0n) is 15.8. The summed E-state index contributed by atoms with van der Waals surface area (Å²) in [6.07, 6.45) is 4.80. The highest BCUT2D eigenvalue weighted by molar-refractivity contribution is 5.59. The van der Waals surface area contributed by atoms with Crippen LogP contribution in [0.25, 0.3) is 11.5 Å². The summed E-state index contributed by atoms with van der Waals surface area (Å²) in [6.45, 7) is 8.70. The molecule has 0 spiro atoms. The van der Waals surface area contributed by atoms with Crippen LogP contribution in [0.1, 0.15) is 55.7 Å². The van der Waals surface area contributed by atoms with Crippen LogP contribution in [0.15, 0.2) is 15.2 Å². The van der Waals surface area contributed by atoms with Crippen molar-refractivity contribution in [2.45, 2.75) is 57.8 Å². The maximum Gasteiger partial charge on any atom is 0.223 e. The van der Waals surface area contributed by atoms with Gasteiger partial charge in [-0.15, -0.1) is 0 Å². The normalized spacial score (nSPS) is 26.3. The van der Waals surface area contributed by atoms with Gasteiger partial charge in [0.1, 0.15) is 11.5 Å². The molecule has 0 amide bonds. The first kappa shape index (κ1) is 15.8. The summed E-state index contributed by atoms with van der Waals surface area (Å²) in [7, 11) is 1.97. The topological polar surface area (TPSA) is 82.8 Å². The number of aryl methyl sites for hydroxylation is 2. The standard InChI is InChI=1S/C19H23N5O2/c1-10-21-17(23-25-10)14-12-6-7-13-18(2,3)16-11(9-20-26-16)8-19(13,4)15(12)22-24(14)5/h9,13H,6-8H2,1-5H3/t13-,19?/m0/s1. The third kappa shape index (κ3) is 1.83. The van der Waals surface area contributed by atoms with E-state index in [0.717, 1.165) is 36.4 Å². The van der Waals surface area contributed by atoms with E-state index in [1.807, 2.05) is 24.9 Å². The molecule has 5 rings (SSSR count). The molecule has 0 saturated heterocycles. The van der Waals surface area contributed by atoms with Crippen LogP contribution in [-0.4, -0.2) is 25.1 Å². The zero-order chi connectivity index (χ0) is 18.3. The van der Waals surface area contributed by atoms with Gasteiger partial charge in [0.05, 0.1) is 11.9 Å².